The van der Waals surface area contributed by atoms with Crippen LogP contribution in [0.1, 0.15) is 37.3 Å². The van der Waals surface area contributed by atoms with Crippen molar-refractivity contribution in [1.29, 1.82) is 0 Å². The number of benzene rings is 1. The van der Waals surface area contributed by atoms with Crippen molar-refractivity contribution in [3.8, 4) is 0 Å². The summed E-state index contributed by atoms with van der Waals surface area (Å²) in [5, 5.41) is 3.49. The van der Waals surface area contributed by atoms with Gasteiger partial charge in [0.15, 0.2) is 0 Å². The topological polar surface area (TPSA) is 24.5 Å². The highest BCUT2D eigenvalue weighted by atomic mass is 16.5. The Balaban J connectivity index is 1.82. The lowest BCUT2D eigenvalue weighted by atomic mass is 9.99. The molecule has 3 nitrogen and oxygen atoms in total. The van der Waals surface area contributed by atoms with E-state index in [1.807, 2.05) is 0 Å². The van der Waals surface area contributed by atoms with Crippen LogP contribution in [0, 0.1) is 0 Å². The van der Waals surface area contributed by atoms with E-state index >= 15 is 0 Å². The van der Waals surface area contributed by atoms with Crippen LogP contribution in [0.5, 0.6) is 0 Å². The SMILES string of the molecule is CCCNCC(C)c1ccc(CN2CCOCC2)cc1. The Hall–Kier alpha value is -0.900. The van der Waals surface area contributed by atoms with Crippen LogP contribution in [0.15, 0.2) is 24.3 Å². The number of nitrogens with zero attached hydrogens (tertiary/aromatic N) is 1. The van der Waals surface area contributed by atoms with Gasteiger partial charge in [0.25, 0.3) is 0 Å². The first-order valence-corrected chi connectivity index (χ1v) is 7.89. The molecule has 0 radical (unpaired) electrons. The van der Waals surface area contributed by atoms with Crippen LogP contribution in [0.25, 0.3) is 0 Å². The fourth-order valence-electron chi connectivity index (χ4n) is 2.58. The Morgan fingerprint density at radius 3 is 2.55 bits per heavy atom. The minimum absolute atomic E-state index is 0.582. The van der Waals surface area contributed by atoms with Gasteiger partial charge in [-0.1, -0.05) is 38.1 Å². The Morgan fingerprint density at radius 2 is 1.90 bits per heavy atom. The highest BCUT2D eigenvalue weighted by Crippen LogP contribution is 2.16. The molecule has 1 saturated heterocycles. The van der Waals surface area contributed by atoms with Gasteiger partial charge in [0.2, 0.25) is 0 Å². The molecule has 0 saturated carbocycles. The van der Waals surface area contributed by atoms with E-state index in [1.165, 1.54) is 17.5 Å². The van der Waals surface area contributed by atoms with Gasteiger partial charge in [-0.2, -0.15) is 0 Å². The van der Waals surface area contributed by atoms with Gasteiger partial charge in [0.1, 0.15) is 0 Å². The molecule has 20 heavy (non-hydrogen) atoms. The largest absolute Gasteiger partial charge is 0.379 e. The van der Waals surface area contributed by atoms with Gasteiger partial charge in [0, 0.05) is 26.2 Å². The van der Waals surface area contributed by atoms with Crippen LogP contribution in [-0.2, 0) is 11.3 Å². The van der Waals surface area contributed by atoms with Crippen molar-refractivity contribution in [2.75, 3.05) is 39.4 Å². The van der Waals surface area contributed by atoms with Crippen LogP contribution < -0.4 is 5.32 Å². The molecular weight excluding hydrogens is 248 g/mol. The summed E-state index contributed by atoms with van der Waals surface area (Å²) in [5.41, 5.74) is 2.84. The Morgan fingerprint density at radius 1 is 1.20 bits per heavy atom. The second-order valence-corrected chi connectivity index (χ2v) is 5.74. The minimum Gasteiger partial charge on any atom is -0.379 e. The molecule has 1 aromatic rings. The van der Waals surface area contributed by atoms with Crippen LogP contribution in [0.2, 0.25) is 0 Å². The molecule has 0 aliphatic carbocycles. The van der Waals surface area contributed by atoms with Gasteiger partial charge in [-0.05, 0) is 30.0 Å². The number of ether oxygens (including phenoxy) is 1. The average molecular weight is 276 g/mol. The van der Waals surface area contributed by atoms with E-state index in [4.69, 9.17) is 4.74 Å². The Labute approximate surface area is 123 Å². The van der Waals surface area contributed by atoms with E-state index in [0.29, 0.717) is 5.92 Å². The van der Waals surface area contributed by atoms with Crippen LogP contribution in [0.4, 0.5) is 0 Å². The molecule has 0 spiro atoms. The minimum atomic E-state index is 0.582. The smallest absolute Gasteiger partial charge is 0.0594 e. The van der Waals surface area contributed by atoms with Crippen molar-refractivity contribution in [2.45, 2.75) is 32.7 Å². The molecular formula is C17H28N2O. The summed E-state index contributed by atoms with van der Waals surface area (Å²) in [6, 6.07) is 9.13. The lowest BCUT2D eigenvalue weighted by Gasteiger charge is -2.26. The summed E-state index contributed by atoms with van der Waals surface area (Å²) in [5.74, 6) is 0.582. The van der Waals surface area contributed by atoms with Gasteiger partial charge in [0.05, 0.1) is 13.2 Å². The summed E-state index contributed by atoms with van der Waals surface area (Å²) >= 11 is 0. The molecule has 112 valence electrons. The summed E-state index contributed by atoms with van der Waals surface area (Å²) in [6.45, 7) is 11.6. The monoisotopic (exact) mass is 276 g/mol. The standard InChI is InChI=1S/C17H28N2O/c1-3-8-18-13-15(2)17-6-4-16(5-7-17)14-19-9-11-20-12-10-19/h4-7,15,18H,3,8-14H2,1-2H3. The lowest BCUT2D eigenvalue weighted by molar-refractivity contribution is 0.0342. The fourth-order valence-corrected chi connectivity index (χ4v) is 2.58. The normalized spacial score (nSPS) is 18.1. The molecule has 1 unspecified atom stereocenters. The van der Waals surface area contributed by atoms with Crippen LogP contribution >= 0.6 is 0 Å². The molecule has 0 bridgehead atoms. The summed E-state index contributed by atoms with van der Waals surface area (Å²) in [6.07, 6.45) is 1.20. The zero-order chi connectivity index (χ0) is 14.2. The molecule has 2 rings (SSSR count). The number of hydrogen-bond acceptors (Lipinski definition) is 3. The zero-order valence-electron chi connectivity index (χ0n) is 12.9. The van der Waals surface area contributed by atoms with Crippen molar-refractivity contribution in [3.05, 3.63) is 35.4 Å². The quantitative estimate of drug-likeness (QED) is 0.775. The maximum absolute atomic E-state index is 5.39. The van der Waals surface area contributed by atoms with Gasteiger partial charge in [-0.3, -0.25) is 4.90 Å². The number of rotatable bonds is 7. The van der Waals surface area contributed by atoms with E-state index in [0.717, 1.165) is 45.9 Å². The van der Waals surface area contributed by atoms with Crippen molar-refractivity contribution in [2.24, 2.45) is 0 Å². The van der Waals surface area contributed by atoms with Gasteiger partial charge in [-0.15, -0.1) is 0 Å². The van der Waals surface area contributed by atoms with E-state index in [-0.39, 0.29) is 0 Å². The first-order valence-electron chi connectivity index (χ1n) is 7.89. The maximum Gasteiger partial charge on any atom is 0.0594 e. The van der Waals surface area contributed by atoms with E-state index in [2.05, 4.69) is 48.3 Å². The predicted octanol–water partition coefficient (Wildman–Crippen LogP) is 2.62. The van der Waals surface area contributed by atoms with Gasteiger partial charge >= 0.3 is 0 Å². The molecule has 0 amide bonds. The maximum atomic E-state index is 5.39. The molecule has 1 aromatic carbocycles. The third kappa shape index (κ3) is 4.89. The molecule has 1 N–H and O–H groups in total. The highest BCUT2D eigenvalue weighted by molar-refractivity contribution is 5.25. The van der Waals surface area contributed by atoms with E-state index in [1.54, 1.807) is 0 Å². The second kappa shape index (κ2) is 8.40. The number of morpholine rings is 1. The fraction of sp³-hybridized carbons (Fsp3) is 0.647. The van der Waals surface area contributed by atoms with Crippen LogP contribution in [0.3, 0.4) is 0 Å². The lowest BCUT2D eigenvalue weighted by Crippen LogP contribution is -2.35. The number of nitrogens with one attached hydrogen (secondary N) is 1. The first kappa shape index (κ1) is 15.5. The van der Waals surface area contributed by atoms with E-state index < -0.39 is 0 Å². The highest BCUT2D eigenvalue weighted by Gasteiger charge is 2.11. The van der Waals surface area contributed by atoms with Crippen molar-refractivity contribution in [1.82, 2.24) is 10.2 Å². The first-order chi connectivity index (χ1) is 9.79. The molecule has 1 fully saturated rings. The summed E-state index contributed by atoms with van der Waals surface area (Å²) < 4.78 is 5.39. The summed E-state index contributed by atoms with van der Waals surface area (Å²) in [4.78, 5) is 2.46. The molecule has 1 atom stereocenters. The summed E-state index contributed by atoms with van der Waals surface area (Å²) in [7, 11) is 0. The van der Waals surface area contributed by atoms with Crippen molar-refractivity contribution < 1.29 is 4.74 Å². The number of hydrogen-bond donors (Lipinski definition) is 1. The molecule has 3 heteroatoms. The molecule has 1 aliphatic heterocycles. The molecule has 0 aromatic heterocycles. The predicted molar refractivity (Wildman–Crippen MR) is 84.1 cm³/mol. The third-order valence-corrected chi connectivity index (χ3v) is 3.94. The molecule has 1 aliphatic rings. The second-order valence-electron chi connectivity index (χ2n) is 5.74. The average Bonchev–Trinajstić information content (AvgIpc) is 2.49. The molecule has 1 heterocycles. The van der Waals surface area contributed by atoms with Crippen LogP contribution in [-0.4, -0.2) is 44.3 Å². The third-order valence-electron chi connectivity index (χ3n) is 3.94. The van der Waals surface area contributed by atoms with Crippen molar-refractivity contribution in [3.63, 3.8) is 0 Å². The Kier molecular flexibility index (Phi) is 6.51. The zero-order valence-corrected chi connectivity index (χ0v) is 12.9. The van der Waals surface area contributed by atoms with Gasteiger partial charge < -0.3 is 10.1 Å². The van der Waals surface area contributed by atoms with Gasteiger partial charge in [-0.25, -0.2) is 0 Å². The Bertz CT molecular complexity index is 371. The van der Waals surface area contributed by atoms with E-state index in [9.17, 15) is 0 Å². The van der Waals surface area contributed by atoms with Crippen molar-refractivity contribution >= 4 is 0 Å².